The van der Waals surface area contributed by atoms with Gasteiger partial charge in [-0.05, 0) is 11.6 Å². The molecule has 1 aromatic carbocycles. The third-order valence-corrected chi connectivity index (χ3v) is 3.13. The van der Waals surface area contributed by atoms with E-state index in [1.807, 2.05) is 24.3 Å². The van der Waals surface area contributed by atoms with Crippen LogP contribution in [0.4, 0.5) is 0 Å². The quantitative estimate of drug-likeness (QED) is 0.373. The molecule has 0 radical (unpaired) electrons. The van der Waals surface area contributed by atoms with Crippen molar-refractivity contribution in [1.82, 2.24) is 9.97 Å². The molecule has 4 nitrogen and oxygen atoms in total. The van der Waals surface area contributed by atoms with E-state index in [-0.39, 0.29) is 5.84 Å². The number of benzene rings is 1. The summed E-state index contributed by atoms with van der Waals surface area (Å²) in [5.74, 6) is 0.801. The summed E-state index contributed by atoms with van der Waals surface area (Å²) in [6.07, 6.45) is 3.43. The Morgan fingerprint density at radius 3 is 2.59 bits per heavy atom. The van der Waals surface area contributed by atoms with E-state index < -0.39 is 0 Å². The summed E-state index contributed by atoms with van der Waals surface area (Å²) < 4.78 is 0. The van der Waals surface area contributed by atoms with Crippen LogP contribution < -0.4 is 5.73 Å². The second kappa shape index (κ2) is 5.45. The molecule has 0 aliphatic heterocycles. The molecule has 2 aromatic rings. The molecular formula is C12H12N4S. The average Bonchev–Trinajstić information content (AvgIpc) is 2.38. The van der Waals surface area contributed by atoms with Gasteiger partial charge >= 0.3 is 0 Å². The number of aromatic nitrogens is 2. The predicted octanol–water partition coefficient (Wildman–Crippen LogP) is 2.05. The van der Waals surface area contributed by atoms with Crippen LogP contribution in [0.5, 0.6) is 0 Å². The highest BCUT2D eigenvalue weighted by Crippen LogP contribution is 2.20. The Morgan fingerprint density at radius 2 is 1.88 bits per heavy atom. The molecule has 2 rings (SSSR count). The van der Waals surface area contributed by atoms with Crippen molar-refractivity contribution in [1.29, 1.82) is 5.41 Å². The van der Waals surface area contributed by atoms with Crippen LogP contribution in [0.25, 0.3) is 0 Å². The summed E-state index contributed by atoms with van der Waals surface area (Å²) in [5.41, 5.74) is 7.33. The molecular weight excluding hydrogens is 232 g/mol. The topological polar surface area (TPSA) is 75.7 Å². The van der Waals surface area contributed by atoms with Gasteiger partial charge in [-0.2, -0.15) is 0 Å². The Balaban J connectivity index is 2.12. The van der Waals surface area contributed by atoms with E-state index >= 15 is 0 Å². The number of nitrogens with two attached hydrogens (primary N) is 1. The molecule has 0 saturated carbocycles. The molecule has 0 aliphatic carbocycles. The Labute approximate surface area is 104 Å². The molecule has 17 heavy (non-hydrogen) atoms. The lowest BCUT2D eigenvalue weighted by Gasteiger charge is -2.06. The molecule has 0 aliphatic rings. The highest BCUT2D eigenvalue weighted by Gasteiger charge is 2.05. The fourth-order valence-electron chi connectivity index (χ4n) is 1.41. The van der Waals surface area contributed by atoms with Gasteiger partial charge in [0.25, 0.3) is 0 Å². The van der Waals surface area contributed by atoms with E-state index in [2.05, 4.69) is 9.97 Å². The monoisotopic (exact) mass is 244 g/mol. The van der Waals surface area contributed by atoms with E-state index in [0.717, 1.165) is 16.3 Å². The number of hydrogen-bond acceptors (Lipinski definition) is 4. The molecule has 0 spiro atoms. The highest BCUT2D eigenvalue weighted by molar-refractivity contribution is 7.98. The van der Waals surface area contributed by atoms with Gasteiger partial charge in [0.15, 0.2) is 5.16 Å². The number of nitrogen functional groups attached to an aromatic ring is 1. The lowest BCUT2D eigenvalue weighted by Crippen LogP contribution is -2.13. The summed E-state index contributed by atoms with van der Waals surface area (Å²) in [5, 5.41) is 8.22. The van der Waals surface area contributed by atoms with E-state index in [4.69, 9.17) is 11.1 Å². The molecule has 0 fully saturated rings. The van der Waals surface area contributed by atoms with Crippen LogP contribution in [0.1, 0.15) is 11.1 Å². The average molecular weight is 244 g/mol. The summed E-state index contributed by atoms with van der Waals surface area (Å²) >= 11 is 1.53. The van der Waals surface area contributed by atoms with Crippen molar-refractivity contribution in [3.63, 3.8) is 0 Å². The van der Waals surface area contributed by atoms with Gasteiger partial charge in [-0.25, -0.2) is 9.97 Å². The first-order chi connectivity index (χ1) is 8.27. The van der Waals surface area contributed by atoms with Crippen LogP contribution >= 0.6 is 11.8 Å². The molecule has 1 aromatic heterocycles. The SMILES string of the molecule is N=C(N)c1ccccc1CSc1ncccn1. The summed E-state index contributed by atoms with van der Waals surface area (Å²) in [4.78, 5) is 8.27. The van der Waals surface area contributed by atoms with Crippen molar-refractivity contribution < 1.29 is 0 Å². The van der Waals surface area contributed by atoms with Crippen molar-refractivity contribution in [3.05, 3.63) is 53.9 Å². The first-order valence-electron chi connectivity index (χ1n) is 5.09. The first kappa shape index (κ1) is 11.6. The second-order valence-corrected chi connectivity index (χ2v) is 4.33. The molecule has 0 atom stereocenters. The highest BCUT2D eigenvalue weighted by atomic mass is 32.2. The normalized spacial score (nSPS) is 10.1. The zero-order valence-electron chi connectivity index (χ0n) is 9.13. The molecule has 0 saturated heterocycles. The van der Waals surface area contributed by atoms with Gasteiger partial charge < -0.3 is 5.73 Å². The Bertz CT molecular complexity index is 513. The standard InChI is InChI=1S/C12H12N4S/c13-11(14)10-5-2-1-4-9(10)8-17-12-15-6-3-7-16-12/h1-7H,8H2,(H3,13,14). The zero-order valence-corrected chi connectivity index (χ0v) is 9.95. The van der Waals surface area contributed by atoms with E-state index in [1.165, 1.54) is 11.8 Å². The maximum Gasteiger partial charge on any atom is 0.187 e. The van der Waals surface area contributed by atoms with Crippen molar-refractivity contribution in [3.8, 4) is 0 Å². The number of hydrogen-bond donors (Lipinski definition) is 2. The number of rotatable bonds is 4. The third-order valence-electron chi connectivity index (χ3n) is 2.21. The van der Waals surface area contributed by atoms with Gasteiger partial charge in [-0.3, -0.25) is 5.41 Å². The molecule has 0 unspecified atom stereocenters. The van der Waals surface area contributed by atoms with E-state index in [9.17, 15) is 0 Å². The van der Waals surface area contributed by atoms with Crippen molar-refractivity contribution >= 4 is 17.6 Å². The zero-order chi connectivity index (χ0) is 12.1. The van der Waals surface area contributed by atoms with Crippen LogP contribution in [0, 0.1) is 5.41 Å². The Kier molecular flexibility index (Phi) is 3.72. The smallest absolute Gasteiger partial charge is 0.187 e. The number of amidine groups is 1. The summed E-state index contributed by atoms with van der Waals surface area (Å²) in [7, 11) is 0. The van der Waals surface area contributed by atoms with Crippen molar-refractivity contribution in [2.75, 3.05) is 0 Å². The minimum atomic E-state index is 0.0928. The maximum atomic E-state index is 7.50. The Morgan fingerprint density at radius 1 is 1.18 bits per heavy atom. The molecule has 3 N–H and O–H groups in total. The van der Waals surface area contributed by atoms with Crippen LogP contribution in [0.3, 0.4) is 0 Å². The number of thioether (sulfide) groups is 1. The summed E-state index contributed by atoms with van der Waals surface area (Å²) in [6.45, 7) is 0. The van der Waals surface area contributed by atoms with Gasteiger partial charge in [0, 0.05) is 23.7 Å². The van der Waals surface area contributed by atoms with E-state index in [0.29, 0.717) is 5.75 Å². The lowest BCUT2D eigenvalue weighted by atomic mass is 10.1. The van der Waals surface area contributed by atoms with Crippen LogP contribution in [-0.2, 0) is 5.75 Å². The fraction of sp³-hybridized carbons (Fsp3) is 0.0833. The molecule has 86 valence electrons. The fourth-order valence-corrected chi connectivity index (χ4v) is 2.22. The lowest BCUT2D eigenvalue weighted by molar-refractivity contribution is 0.966. The number of nitrogens with zero attached hydrogens (tertiary/aromatic N) is 2. The minimum Gasteiger partial charge on any atom is -0.384 e. The van der Waals surface area contributed by atoms with Crippen LogP contribution in [0.15, 0.2) is 47.9 Å². The van der Waals surface area contributed by atoms with Crippen LogP contribution in [0.2, 0.25) is 0 Å². The predicted molar refractivity (Wildman–Crippen MR) is 69.1 cm³/mol. The van der Waals surface area contributed by atoms with Gasteiger partial charge in [-0.1, -0.05) is 36.0 Å². The van der Waals surface area contributed by atoms with Crippen LogP contribution in [-0.4, -0.2) is 15.8 Å². The molecule has 1 heterocycles. The molecule has 0 bridgehead atoms. The maximum absolute atomic E-state index is 7.50. The second-order valence-electron chi connectivity index (χ2n) is 3.39. The van der Waals surface area contributed by atoms with Crippen molar-refractivity contribution in [2.24, 2.45) is 5.73 Å². The molecule has 5 heteroatoms. The minimum absolute atomic E-state index is 0.0928. The van der Waals surface area contributed by atoms with Gasteiger partial charge in [-0.15, -0.1) is 0 Å². The third kappa shape index (κ3) is 3.04. The van der Waals surface area contributed by atoms with Gasteiger partial charge in [0.05, 0.1) is 0 Å². The van der Waals surface area contributed by atoms with Crippen molar-refractivity contribution in [2.45, 2.75) is 10.9 Å². The largest absolute Gasteiger partial charge is 0.384 e. The summed E-state index contributed by atoms with van der Waals surface area (Å²) in [6, 6.07) is 9.42. The molecule has 0 amide bonds. The number of nitrogens with one attached hydrogen (secondary N) is 1. The first-order valence-corrected chi connectivity index (χ1v) is 6.08. The van der Waals surface area contributed by atoms with E-state index in [1.54, 1.807) is 18.5 Å². The van der Waals surface area contributed by atoms with Gasteiger partial charge in [0.2, 0.25) is 0 Å². The Hall–Kier alpha value is -1.88. The van der Waals surface area contributed by atoms with Gasteiger partial charge in [0.1, 0.15) is 5.84 Å².